The molecule has 12 heteroatoms. The van der Waals surface area contributed by atoms with Crippen LogP contribution in [0.5, 0.6) is 0 Å². The molecular weight excluding hydrogens is 1150 g/mol. The van der Waals surface area contributed by atoms with Crippen molar-refractivity contribution in [1.29, 1.82) is 0 Å². The standard InChI is InChI=1S/C78H110N4O6S2/c1-7-13-19-25-29-35-41-57(39-33-23-17-11-5)55-81-71(67-49-47-65(89-67)59-43-45-61-63(53-59)75(85)79(73(61)83)51-37-31-27-21-15-9-3)69-70(77(81)87)72(82(78(69)88)56-58(40-34-24-18-12-6)42-36-30-26-20-14-8-2)68-50-48-66(90-68)60-44-46-62-64(54-60)76(86)80(74(62)84)52-38-32-28-22-16-10-4/h43-50,53-54,57-58H,7-42,51-52,55-56H2,1-6H3. The van der Waals surface area contributed by atoms with Crippen molar-refractivity contribution in [3.63, 3.8) is 0 Å². The van der Waals surface area contributed by atoms with Gasteiger partial charge in [-0.15, -0.1) is 22.7 Å². The van der Waals surface area contributed by atoms with Gasteiger partial charge in [0.25, 0.3) is 35.4 Å². The average Bonchev–Trinajstić information content (AvgIpc) is 1.56. The SMILES string of the molecule is CCCCCCCCC(CCCCCC)CN1C(=O)C2=C(c3ccc(-c4ccc5c(c4)C(=O)N(CCCCCCCC)C5=O)s3)N(CC(CCCCCC)CCCCCCCC)C(=O)C2=C1c1ccc(-c2ccc3c(c2)C(=O)N(CCCCCCCC)C3=O)s1. The summed E-state index contributed by atoms with van der Waals surface area (Å²) < 4.78 is 0. The number of carbonyl (C=O) groups is 6. The number of unbranched alkanes of at least 4 members (excludes halogenated alkanes) is 26. The van der Waals surface area contributed by atoms with E-state index >= 15 is 9.59 Å². The minimum absolute atomic E-state index is 0.119. The molecule has 0 spiro atoms. The zero-order valence-electron chi connectivity index (χ0n) is 56.3. The van der Waals surface area contributed by atoms with Crippen LogP contribution in [-0.4, -0.2) is 81.2 Å². The van der Waals surface area contributed by atoms with Crippen LogP contribution in [0.2, 0.25) is 0 Å². The summed E-state index contributed by atoms with van der Waals surface area (Å²) in [5.74, 6) is -0.678. The Morgan fingerprint density at radius 2 is 0.567 bits per heavy atom. The number of nitrogens with zero attached hydrogens (tertiary/aromatic N) is 4. The third-order valence-electron chi connectivity index (χ3n) is 19.6. The van der Waals surface area contributed by atoms with E-state index in [0.29, 0.717) is 71.0 Å². The Morgan fingerprint density at radius 1 is 0.289 bits per heavy atom. The highest BCUT2D eigenvalue weighted by molar-refractivity contribution is 7.17. The summed E-state index contributed by atoms with van der Waals surface area (Å²) in [6, 6.07) is 19.5. The first-order valence-electron chi connectivity index (χ1n) is 36.3. The van der Waals surface area contributed by atoms with E-state index in [9.17, 15) is 19.2 Å². The van der Waals surface area contributed by atoms with Crippen molar-refractivity contribution in [2.75, 3.05) is 26.2 Å². The van der Waals surface area contributed by atoms with Crippen molar-refractivity contribution in [1.82, 2.24) is 19.6 Å². The number of benzene rings is 2. The van der Waals surface area contributed by atoms with Crippen molar-refractivity contribution in [2.24, 2.45) is 11.8 Å². The second-order valence-corrected chi connectivity index (χ2v) is 28.9. The van der Waals surface area contributed by atoms with E-state index in [1.807, 2.05) is 34.1 Å². The Bertz CT molecular complexity index is 2890. The predicted molar refractivity (Wildman–Crippen MR) is 375 cm³/mol. The van der Waals surface area contributed by atoms with Gasteiger partial charge in [-0.25, -0.2) is 0 Å². The van der Waals surface area contributed by atoms with Gasteiger partial charge >= 0.3 is 0 Å². The summed E-state index contributed by atoms with van der Waals surface area (Å²) in [7, 11) is 0. The van der Waals surface area contributed by atoms with E-state index in [4.69, 9.17) is 0 Å². The molecule has 0 N–H and O–H groups in total. The molecule has 0 radical (unpaired) electrons. The van der Waals surface area contributed by atoms with E-state index in [0.717, 1.165) is 146 Å². The molecule has 0 bridgehead atoms. The molecule has 0 saturated heterocycles. The summed E-state index contributed by atoms with van der Waals surface area (Å²) in [6.07, 6.45) is 40.4. The molecule has 90 heavy (non-hydrogen) atoms. The van der Waals surface area contributed by atoms with Crippen molar-refractivity contribution in [3.8, 4) is 20.9 Å². The molecule has 2 unspecified atom stereocenters. The van der Waals surface area contributed by atoms with Crippen LogP contribution in [0.4, 0.5) is 0 Å². The number of thiophene rings is 2. The highest BCUT2D eigenvalue weighted by Crippen LogP contribution is 2.51. The van der Waals surface area contributed by atoms with E-state index in [1.54, 1.807) is 34.8 Å². The molecule has 2 atom stereocenters. The zero-order chi connectivity index (χ0) is 63.8. The lowest BCUT2D eigenvalue weighted by Gasteiger charge is -2.29. The van der Waals surface area contributed by atoms with E-state index < -0.39 is 0 Å². The molecule has 0 fully saturated rings. The van der Waals surface area contributed by atoms with Crippen molar-refractivity contribution in [3.05, 3.63) is 104 Å². The molecule has 6 amide bonds. The Balaban J connectivity index is 1.20. The van der Waals surface area contributed by atoms with E-state index in [2.05, 4.69) is 65.8 Å². The van der Waals surface area contributed by atoms with Crippen LogP contribution in [0.3, 0.4) is 0 Å². The lowest BCUT2D eigenvalue weighted by atomic mass is 9.93. The number of fused-ring (bicyclic) bond motifs is 3. The third kappa shape index (κ3) is 18.0. The number of imide groups is 2. The Hall–Kier alpha value is -5.46. The maximum absolute atomic E-state index is 16.2. The van der Waals surface area contributed by atoms with Gasteiger partial charge in [-0.1, -0.05) is 246 Å². The number of hydrogen-bond donors (Lipinski definition) is 0. The van der Waals surface area contributed by atoms with Gasteiger partial charge in [0.05, 0.1) is 54.5 Å². The fraction of sp³-hybridized carbons (Fsp3) is 0.615. The quantitative estimate of drug-likeness (QED) is 0.0321. The lowest BCUT2D eigenvalue weighted by Crippen LogP contribution is -2.34. The molecule has 4 aliphatic rings. The maximum atomic E-state index is 16.2. The first kappa shape index (κ1) is 70.4. The number of hydrogen-bond acceptors (Lipinski definition) is 8. The van der Waals surface area contributed by atoms with Gasteiger partial charge in [-0.2, -0.15) is 0 Å². The molecule has 2 aromatic carbocycles. The molecule has 10 nitrogen and oxygen atoms in total. The van der Waals surface area contributed by atoms with Gasteiger partial charge in [0, 0.05) is 35.9 Å². The molecule has 2 aromatic heterocycles. The van der Waals surface area contributed by atoms with Gasteiger partial charge in [-0.05, 0) is 110 Å². The van der Waals surface area contributed by atoms with Crippen LogP contribution in [0, 0.1) is 11.8 Å². The average molecular weight is 1260 g/mol. The molecular formula is C78H110N4O6S2. The van der Waals surface area contributed by atoms with Crippen LogP contribution in [0.25, 0.3) is 32.3 Å². The summed E-state index contributed by atoms with van der Waals surface area (Å²) in [5.41, 5.74) is 5.76. The van der Waals surface area contributed by atoms with Crippen molar-refractivity contribution >= 4 is 69.5 Å². The summed E-state index contributed by atoms with van der Waals surface area (Å²) >= 11 is 3.10. The molecule has 8 rings (SSSR count). The first-order chi connectivity index (χ1) is 44.0. The summed E-state index contributed by atoms with van der Waals surface area (Å²) in [6.45, 7) is 15.3. The van der Waals surface area contributed by atoms with Gasteiger partial charge in [-0.3, -0.25) is 38.6 Å². The molecule has 0 saturated carbocycles. The Morgan fingerprint density at radius 3 is 0.900 bits per heavy atom. The fourth-order valence-electron chi connectivity index (χ4n) is 14.2. The van der Waals surface area contributed by atoms with Gasteiger partial charge in [0.1, 0.15) is 0 Å². The van der Waals surface area contributed by atoms with Crippen LogP contribution >= 0.6 is 22.7 Å². The number of carbonyl (C=O) groups excluding carboxylic acids is 6. The number of amides is 6. The molecule has 490 valence electrons. The van der Waals surface area contributed by atoms with Crippen molar-refractivity contribution < 1.29 is 28.8 Å². The smallest absolute Gasteiger partial charge is 0.261 e. The minimum Gasteiger partial charge on any atom is -0.306 e. The third-order valence-corrected chi connectivity index (χ3v) is 21.9. The van der Waals surface area contributed by atoms with Crippen LogP contribution < -0.4 is 0 Å². The van der Waals surface area contributed by atoms with Crippen LogP contribution in [0.15, 0.2) is 71.8 Å². The maximum Gasteiger partial charge on any atom is 0.261 e. The molecule has 4 aliphatic heterocycles. The first-order valence-corrected chi connectivity index (χ1v) is 38.0. The lowest BCUT2D eigenvalue weighted by molar-refractivity contribution is -0.124. The summed E-state index contributed by atoms with van der Waals surface area (Å²) in [5, 5.41) is 0. The predicted octanol–water partition coefficient (Wildman–Crippen LogP) is 21.5. The largest absolute Gasteiger partial charge is 0.306 e. The van der Waals surface area contributed by atoms with Crippen LogP contribution in [-0.2, 0) is 9.59 Å². The summed E-state index contributed by atoms with van der Waals surface area (Å²) in [4.78, 5) is 98.3. The highest BCUT2D eigenvalue weighted by Gasteiger charge is 2.50. The Kier molecular flexibility index (Phi) is 28.7. The monoisotopic (exact) mass is 1260 g/mol. The fourth-order valence-corrected chi connectivity index (χ4v) is 16.3. The van der Waals surface area contributed by atoms with Crippen LogP contribution in [0.1, 0.15) is 324 Å². The highest BCUT2D eigenvalue weighted by atomic mass is 32.1. The Labute approximate surface area is 550 Å². The second-order valence-electron chi connectivity index (χ2n) is 26.7. The number of rotatable bonds is 46. The van der Waals surface area contributed by atoms with Gasteiger partial charge in [0.15, 0.2) is 0 Å². The zero-order valence-corrected chi connectivity index (χ0v) is 57.9. The van der Waals surface area contributed by atoms with Crippen molar-refractivity contribution in [2.45, 2.75) is 273 Å². The van der Waals surface area contributed by atoms with Gasteiger partial charge < -0.3 is 9.80 Å². The van der Waals surface area contributed by atoms with Gasteiger partial charge in [0.2, 0.25) is 0 Å². The minimum atomic E-state index is -0.240. The topological polar surface area (TPSA) is 115 Å². The van der Waals surface area contributed by atoms with E-state index in [1.165, 1.54) is 125 Å². The van der Waals surface area contributed by atoms with E-state index in [-0.39, 0.29) is 47.3 Å². The molecule has 6 heterocycles. The molecule has 0 aliphatic carbocycles. The normalized spacial score (nSPS) is 15.5. The molecule has 4 aromatic rings. The second kappa shape index (κ2) is 36.7.